The van der Waals surface area contributed by atoms with E-state index in [2.05, 4.69) is 10.6 Å². The molecule has 0 spiro atoms. The molecular formula is C23H31N3O5S. The molecule has 174 valence electrons. The molecule has 2 rings (SSSR count). The van der Waals surface area contributed by atoms with Crippen molar-refractivity contribution in [2.75, 3.05) is 24.5 Å². The first-order valence-corrected chi connectivity index (χ1v) is 11.9. The number of alkyl carbamates (subject to hydrolysis) is 1. The third-order valence-corrected chi connectivity index (χ3v) is 6.52. The molecule has 0 saturated heterocycles. The summed E-state index contributed by atoms with van der Waals surface area (Å²) in [5.74, 6) is -0.135. The molecule has 0 radical (unpaired) electrons. The van der Waals surface area contributed by atoms with Gasteiger partial charge in [0, 0.05) is 25.2 Å². The highest BCUT2D eigenvalue weighted by atomic mass is 32.2. The molecule has 0 aromatic heterocycles. The van der Waals surface area contributed by atoms with Gasteiger partial charge in [-0.2, -0.15) is 0 Å². The van der Waals surface area contributed by atoms with Crippen LogP contribution in [0.4, 0.5) is 10.5 Å². The van der Waals surface area contributed by atoms with Crippen molar-refractivity contribution in [2.24, 2.45) is 5.92 Å². The number of anilines is 1. The van der Waals surface area contributed by atoms with E-state index < -0.39 is 22.0 Å². The minimum Gasteiger partial charge on any atom is -0.450 e. The van der Waals surface area contributed by atoms with Crippen molar-refractivity contribution in [3.8, 4) is 0 Å². The maximum absolute atomic E-state index is 13.0. The molecule has 0 fully saturated rings. The van der Waals surface area contributed by atoms with Crippen LogP contribution in [0.25, 0.3) is 0 Å². The molecule has 0 aliphatic carbocycles. The van der Waals surface area contributed by atoms with Crippen molar-refractivity contribution in [2.45, 2.75) is 38.1 Å². The molecular weight excluding hydrogens is 430 g/mol. The monoisotopic (exact) mass is 461 g/mol. The predicted octanol–water partition coefficient (Wildman–Crippen LogP) is 3.40. The smallest absolute Gasteiger partial charge is 0.407 e. The third kappa shape index (κ3) is 6.98. The lowest BCUT2D eigenvalue weighted by Crippen LogP contribution is -2.44. The summed E-state index contributed by atoms with van der Waals surface area (Å²) < 4.78 is 32.1. The molecule has 0 bridgehead atoms. The highest BCUT2D eigenvalue weighted by molar-refractivity contribution is 7.92. The average Bonchev–Trinajstić information content (AvgIpc) is 2.77. The number of carbonyl (C=O) groups is 2. The zero-order chi connectivity index (χ0) is 23.7. The fraction of sp³-hybridized carbons (Fsp3) is 0.391. The Labute approximate surface area is 190 Å². The SMILES string of the molecule is CCOC(=O)NC(CNC(=O)c1cccc(S(=O)(=O)N(C)c2ccccc2)c1)CC(C)C. The minimum absolute atomic E-state index is 0.0138. The highest BCUT2D eigenvalue weighted by Crippen LogP contribution is 2.22. The summed E-state index contributed by atoms with van der Waals surface area (Å²) in [6.45, 7) is 6.19. The molecule has 1 atom stereocenters. The van der Waals surface area contributed by atoms with Crippen LogP contribution in [0.15, 0.2) is 59.5 Å². The van der Waals surface area contributed by atoms with Gasteiger partial charge in [-0.15, -0.1) is 0 Å². The van der Waals surface area contributed by atoms with Crippen molar-refractivity contribution >= 4 is 27.7 Å². The molecule has 2 N–H and O–H groups in total. The number of hydrogen-bond acceptors (Lipinski definition) is 5. The first-order chi connectivity index (χ1) is 15.1. The Bertz CT molecular complexity index is 1010. The number of sulfonamides is 1. The van der Waals surface area contributed by atoms with E-state index in [1.165, 1.54) is 29.6 Å². The fourth-order valence-electron chi connectivity index (χ4n) is 3.15. The lowest BCUT2D eigenvalue weighted by atomic mass is 10.0. The van der Waals surface area contributed by atoms with Crippen LogP contribution in [0, 0.1) is 5.92 Å². The van der Waals surface area contributed by atoms with Gasteiger partial charge in [-0.25, -0.2) is 13.2 Å². The Kier molecular flexibility index (Phi) is 9.07. The van der Waals surface area contributed by atoms with Gasteiger partial charge in [-0.3, -0.25) is 9.10 Å². The normalized spacial score (nSPS) is 12.2. The zero-order valence-electron chi connectivity index (χ0n) is 18.9. The Morgan fingerprint density at radius 1 is 1.06 bits per heavy atom. The number of para-hydroxylation sites is 1. The maximum Gasteiger partial charge on any atom is 0.407 e. The van der Waals surface area contributed by atoms with Gasteiger partial charge in [0.25, 0.3) is 15.9 Å². The molecule has 0 aliphatic heterocycles. The van der Waals surface area contributed by atoms with E-state index in [-0.39, 0.29) is 29.7 Å². The van der Waals surface area contributed by atoms with Gasteiger partial charge in [-0.05, 0) is 49.6 Å². The van der Waals surface area contributed by atoms with E-state index >= 15 is 0 Å². The first kappa shape index (κ1) is 25.2. The van der Waals surface area contributed by atoms with E-state index in [9.17, 15) is 18.0 Å². The summed E-state index contributed by atoms with van der Waals surface area (Å²) in [6.07, 6.45) is 0.111. The van der Waals surface area contributed by atoms with Crippen LogP contribution in [0.3, 0.4) is 0 Å². The van der Waals surface area contributed by atoms with Crippen LogP contribution in [0.2, 0.25) is 0 Å². The number of carbonyl (C=O) groups excluding carboxylic acids is 2. The third-order valence-electron chi connectivity index (χ3n) is 4.74. The Morgan fingerprint density at radius 3 is 2.38 bits per heavy atom. The number of hydrogen-bond donors (Lipinski definition) is 2. The number of amides is 2. The molecule has 9 heteroatoms. The predicted molar refractivity (Wildman–Crippen MR) is 124 cm³/mol. The van der Waals surface area contributed by atoms with Gasteiger partial charge in [0.15, 0.2) is 0 Å². The van der Waals surface area contributed by atoms with Gasteiger partial charge in [0.1, 0.15) is 0 Å². The van der Waals surface area contributed by atoms with Crippen LogP contribution >= 0.6 is 0 Å². The number of rotatable bonds is 10. The molecule has 0 aliphatic rings. The summed E-state index contributed by atoms with van der Waals surface area (Å²) >= 11 is 0. The van der Waals surface area contributed by atoms with Gasteiger partial charge < -0.3 is 15.4 Å². The minimum atomic E-state index is -3.84. The van der Waals surface area contributed by atoms with Crippen molar-refractivity contribution in [1.29, 1.82) is 0 Å². The van der Waals surface area contributed by atoms with E-state index in [1.807, 2.05) is 13.8 Å². The topological polar surface area (TPSA) is 105 Å². The lowest BCUT2D eigenvalue weighted by Gasteiger charge is -2.21. The molecule has 0 heterocycles. The Balaban J connectivity index is 2.12. The van der Waals surface area contributed by atoms with Crippen molar-refractivity contribution < 1.29 is 22.7 Å². The zero-order valence-corrected chi connectivity index (χ0v) is 19.7. The van der Waals surface area contributed by atoms with Gasteiger partial charge in [0.2, 0.25) is 0 Å². The highest BCUT2D eigenvalue weighted by Gasteiger charge is 2.23. The van der Waals surface area contributed by atoms with Gasteiger partial charge in [-0.1, -0.05) is 38.1 Å². The average molecular weight is 462 g/mol. The lowest BCUT2D eigenvalue weighted by molar-refractivity contribution is 0.0944. The van der Waals surface area contributed by atoms with Gasteiger partial charge in [0.05, 0.1) is 17.2 Å². The second kappa shape index (κ2) is 11.5. The number of nitrogens with zero attached hydrogens (tertiary/aromatic N) is 1. The molecule has 2 amide bonds. The first-order valence-electron chi connectivity index (χ1n) is 10.5. The van der Waals surface area contributed by atoms with Crippen molar-refractivity contribution in [3.05, 3.63) is 60.2 Å². The molecule has 1 unspecified atom stereocenters. The number of ether oxygens (including phenoxy) is 1. The molecule has 2 aromatic rings. The van der Waals surface area contributed by atoms with E-state index in [0.717, 1.165) is 0 Å². The van der Waals surface area contributed by atoms with Crippen LogP contribution in [0.5, 0.6) is 0 Å². The van der Waals surface area contributed by atoms with E-state index in [1.54, 1.807) is 43.3 Å². The summed E-state index contributed by atoms with van der Waals surface area (Å²) in [6, 6.07) is 14.3. The maximum atomic E-state index is 13.0. The number of benzene rings is 2. The summed E-state index contributed by atoms with van der Waals surface area (Å²) in [5.41, 5.74) is 0.732. The van der Waals surface area contributed by atoms with Crippen LogP contribution in [-0.2, 0) is 14.8 Å². The van der Waals surface area contributed by atoms with Gasteiger partial charge >= 0.3 is 6.09 Å². The number of nitrogens with one attached hydrogen (secondary N) is 2. The molecule has 32 heavy (non-hydrogen) atoms. The fourth-order valence-corrected chi connectivity index (χ4v) is 4.39. The molecule has 8 nitrogen and oxygen atoms in total. The van der Waals surface area contributed by atoms with Crippen molar-refractivity contribution in [3.63, 3.8) is 0 Å². The second-order valence-electron chi connectivity index (χ2n) is 7.74. The van der Waals surface area contributed by atoms with Crippen molar-refractivity contribution in [1.82, 2.24) is 10.6 Å². The Hall–Kier alpha value is -3.07. The second-order valence-corrected chi connectivity index (χ2v) is 9.71. The van der Waals surface area contributed by atoms with Crippen LogP contribution in [0.1, 0.15) is 37.6 Å². The summed E-state index contributed by atoms with van der Waals surface area (Å²) in [4.78, 5) is 24.5. The standard InChI is InChI=1S/C23H31N3O5S/c1-5-31-23(28)25-19(14-17(2)3)16-24-22(27)18-10-9-13-21(15-18)32(29,30)26(4)20-11-7-6-8-12-20/h6-13,15,17,19H,5,14,16H2,1-4H3,(H,24,27)(H,25,28). The van der Waals surface area contributed by atoms with Crippen LogP contribution < -0.4 is 14.9 Å². The summed E-state index contributed by atoms with van der Waals surface area (Å²) in [7, 11) is -2.37. The molecule has 0 saturated carbocycles. The largest absolute Gasteiger partial charge is 0.450 e. The quantitative estimate of drug-likeness (QED) is 0.564. The van der Waals surface area contributed by atoms with E-state index in [4.69, 9.17) is 4.74 Å². The Morgan fingerprint density at radius 2 is 1.75 bits per heavy atom. The molecule has 2 aromatic carbocycles. The van der Waals surface area contributed by atoms with E-state index in [0.29, 0.717) is 18.0 Å². The van der Waals surface area contributed by atoms with Crippen LogP contribution in [-0.4, -0.2) is 46.7 Å². The summed E-state index contributed by atoms with van der Waals surface area (Å²) in [5, 5.41) is 5.52.